The number of carboxylic acid groups (broad SMARTS) is 1. The summed E-state index contributed by atoms with van der Waals surface area (Å²) in [6.07, 6.45) is 0.816. The largest absolute Gasteiger partial charge is 0.481 e. The van der Waals surface area contributed by atoms with Crippen molar-refractivity contribution in [2.45, 2.75) is 33.2 Å². The topological polar surface area (TPSA) is 40.5 Å². The van der Waals surface area contributed by atoms with Gasteiger partial charge < -0.3 is 5.11 Å². The summed E-state index contributed by atoms with van der Waals surface area (Å²) in [6, 6.07) is 8.24. The number of rotatable bonds is 7. The van der Waals surface area contributed by atoms with E-state index in [4.69, 9.17) is 5.11 Å². The van der Waals surface area contributed by atoms with Crippen LogP contribution in [0.3, 0.4) is 0 Å². The first-order chi connectivity index (χ1) is 8.15. The fourth-order valence-corrected chi connectivity index (χ4v) is 1.77. The van der Waals surface area contributed by atoms with Crippen molar-refractivity contribution in [2.24, 2.45) is 0 Å². The van der Waals surface area contributed by atoms with Crippen LogP contribution in [0.1, 0.15) is 31.4 Å². The van der Waals surface area contributed by atoms with E-state index < -0.39 is 5.97 Å². The monoisotopic (exact) mass is 235 g/mol. The van der Waals surface area contributed by atoms with E-state index in [0.717, 1.165) is 25.2 Å². The van der Waals surface area contributed by atoms with Gasteiger partial charge in [-0.2, -0.15) is 0 Å². The Hall–Kier alpha value is -1.35. The van der Waals surface area contributed by atoms with Crippen molar-refractivity contribution in [3.05, 3.63) is 35.4 Å². The van der Waals surface area contributed by atoms with Crippen molar-refractivity contribution in [1.29, 1.82) is 0 Å². The van der Waals surface area contributed by atoms with Gasteiger partial charge in [-0.05, 0) is 30.6 Å². The third-order valence-corrected chi connectivity index (χ3v) is 2.95. The Morgan fingerprint density at radius 2 is 1.65 bits per heavy atom. The first-order valence-electron chi connectivity index (χ1n) is 6.17. The standard InChI is InChI=1S/C14H21NO2/c1-3-15(4-2)11-13-7-5-12(6-8-13)9-10-14(16)17/h5-8H,3-4,9-11H2,1-2H3,(H,16,17). The van der Waals surface area contributed by atoms with Gasteiger partial charge in [-0.15, -0.1) is 0 Å². The second kappa shape index (κ2) is 7.07. The van der Waals surface area contributed by atoms with Gasteiger partial charge in [0, 0.05) is 13.0 Å². The third-order valence-electron chi connectivity index (χ3n) is 2.95. The van der Waals surface area contributed by atoms with Gasteiger partial charge in [0.25, 0.3) is 0 Å². The highest BCUT2D eigenvalue weighted by Gasteiger charge is 2.02. The molecule has 3 nitrogen and oxygen atoms in total. The van der Waals surface area contributed by atoms with Crippen molar-refractivity contribution in [2.75, 3.05) is 13.1 Å². The van der Waals surface area contributed by atoms with Gasteiger partial charge in [0.2, 0.25) is 0 Å². The zero-order chi connectivity index (χ0) is 12.7. The maximum atomic E-state index is 10.5. The number of benzene rings is 1. The molecule has 0 saturated heterocycles. The molecule has 0 aromatic heterocycles. The average Bonchev–Trinajstić information content (AvgIpc) is 2.34. The van der Waals surface area contributed by atoms with Crippen LogP contribution in [0.5, 0.6) is 0 Å². The molecule has 17 heavy (non-hydrogen) atoms. The highest BCUT2D eigenvalue weighted by atomic mass is 16.4. The molecule has 0 heterocycles. The number of hydrogen-bond donors (Lipinski definition) is 1. The van der Waals surface area contributed by atoms with E-state index in [0.29, 0.717) is 6.42 Å². The van der Waals surface area contributed by atoms with Crippen LogP contribution in [0.25, 0.3) is 0 Å². The van der Waals surface area contributed by atoms with Gasteiger partial charge in [0.05, 0.1) is 0 Å². The zero-order valence-electron chi connectivity index (χ0n) is 10.6. The summed E-state index contributed by atoms with van der Waals surface area (Å²) in [7, 11) is 0. The van der Waals surface area contributed by atoms with Crippen molar-refractivity contribution in [1.82, 2.24) is 4.90 Å². The number of carboxylic acids is 1. The Labute approximate surface area is 103 Å². The lowest BCUT2D eigenvalue weighted by atomic mass is 10.1. The van der Waals surface area contributed by atoms with Crippen molar-refractivity contribution < 1.29 is 9.90 Å². The van der Waals surface area contributed by atoms with E-state index in [9.17, 15) is 4.79 Å². The summed E-state index contributed by atoms with van der Waals surface area (Å²) in [4.78, 5) is 12.8. The minimum atomic E-state index is -0.739. The Morgan fingerprint density at radius 3 is 2.12 bits per heavy atom. The van der Waals surface area contributed by atoms with Gasteiger partial charge in [-0.25, -0.2) is 0 Å². The average molecular weight is 235 g/mol. The van der Waals surface area contributed by atoms with Crippen LogP contribution in [-0.2, 0) is 17.8 Å². The number of aliphatic carboxylic acids is 1. The fraction of sp³-hybridized carbons (Fsp3) is 0.500. The van der Waals surface area contributed by atoms with Crippen LogP contribution in [0.2, 0.25) is 0 Å². The number of hydrogen-bond acceptors (Lipinski definition) is 2. The molecule has 0 fully saturated rings. The van der Waals surface area contributed by atoms with E-state index in [1.807, 2.05) is 12.1 Å². The molecule has 1 aromatic rings. The van der Waals surface area contributed by atoms with E-state index in [-0.39, 0.29) is 6.42 Å². The van der Waals surface area contributed by atoms with Gasteiger partial charge in [0.15, 0.2) is 0 Å². The maximum Gasteiger partial charge on any atom is 0.303 e. The molecule has 0 unspecified atom stereocenters. The highest BCUT2D eigenvalue weighted by molar-refractivity contribution is 5.67. The second-order valence-corrected chi connectivity index (χ2v) is 4.17. The van der Waals surface area contributed by atoms with Gasteiger partial charge in [-0.3, -0.25) is 9.69 Å². The van der Waals surface area contributed by atoms with Gasteiger partial charge in [0.1, 0.15) is 0 Å². The van der Waals surface area contributed by atoms with E-state index >= 15 is 0 Å². The van der Waals surface area contributed by atoms with Crippen LogP contribution in [0, 0.1) is 0 Å². The minimum absolute atomic E-state index is 0.204. The lowest BCUT2D eigenvalue weighted by molar-refractivity contribution is -0.136. The molecule has 1 rings (SSSR count). The van der Waals surface area contributed by atoms with E-state index in [2.05, 4.69) is 30.9 Å². The summed E-state index contributed by atoms with van der Waals surface area (Å²) in [5.74, 6) is -0.739. The first kappa shape index (κ1) is 13.7. The minimum Gasteiger partial charge on any atom is -0.481 e. The quantitative estimate of drug-likeness (QED) is 0.789. The smallest absolute Gasteiger partial charge is 0.303 e. The van der Waals surface area contributed by atoms with Crippen LogP contribution in [-0.4, -0.2) is 29.1 Å². The predicted molar refractivity (Wildman–Crippen MR) is 69.0 cm³/mol. The van der Waals surface area contributed by atoms with E-state index in [1.165, 1.54) is 5.56 Å². The first-order valence-corrected chi connectivity index (χ1v) is 6.17. The SMILES string of the molecule is CCN(CC)Cc1ccc(CCC(=O)O)cc1. The molecular formula is C14H21NO2. The van der Waals surface area contributed by atoms with Crippen LogP contribution >= 0.6 is 0 Å². The Kier molecular flexibility index (Phi) is 5.70. The van der Waals surface area contributed by atoms with Crippen LogP contribution in [0.15, 0.2) is 24.3 Å². The summed E-state index contributed by atoms with van der Waals surface area (Å²) in [5, 5.41) is 8.61. The molecule has 0 aliphatic heterocycles. The summed E-state index contributed by atoms with van der Waals surface area (Å²) < 4.78 is 0. The molecule has 1 aromatic carbocycles. The predicted octanol–water partition coefficient (Wildman–Crippen LogP) is 2.55. The summed E-state index contributed by atoms with van der Waals surface area (Å²) in [5.41, 5.74) is 2.38. The molecular weight excluding hydrogens is 214 g/mol. The number of aryl methyl sites for hydroxylation is 1. The van der Waals surface area contributed by atoms with Gasteiger partial charge >= 0.3 is 5.97 Å². The lowest BCUT2D eigenvalue weighted by Gasteiger charge is -2.18. The van der Waals surface area contributed by atoms with Crippen LogP contribution in [0.4, 0.5) is 0 Å². The molecule has 3 heteroatoms. The number of nitrogens with zero attached hydrogens (tertiary/aromatic N) is 1. The molecule has 0 atom stereocenters. The van der Waals surface area contributed by atoms with E-state index in [1.54, 1.807) is 0 Å². The molecule has 0 radical (unpaired) electrons. The lowest BCUT2D eigenvalue weighted by Crippen LogP contribution is -2.22. The molecule has 0 spiro atoms. The summed E-state index contributed by atoms with van der Waals surface area (Å²) >= 11 is 0. The molecule has 0 aliphatic carbocycles. The third kappa shape index (κ3) is 5.00. The Morgan fingerprint density at radius 1 is 1.12 bits per heavy atom. The molecule has 94 valence electrons. The molecule has 1 N–H and O–H groups in total. The Bertz CT molecular complexity index is 342. The molecule has 0 aliphatic rings. The number of carbonyl (C=O) groups is 1. The molecule has 0 saturated carbocycles. The normalized spacial score (nSPS) is 10.8. The zero-order valence-corrected chi connectivity index (χ0v) is 10.6. The molecule has 0 amide bonds. The second-order valence-electron chi connectivity index (χ2n) is 4.17. The maximum absolute atomic E-state index is 10.5. The summed E-state index contributed by atoms with van der Waals surface area (Å²) in [6.45, 7) is 7.39. The van der Waals surface area contributed by atoms with Crippen LogP contribution < -0.4 is 0 Å². The van der Waals surface area contributed by atoms with Crippen molar-refractivity contribution in [3.63, 3.8) is 0 Å². The Balaban J connectivity index is 2.52. The molecule has 0 bridgehead atoms. The van der Waals surface area contributed by atoms with Gasteiger partial charge in [-0.1, -0.05) is 38.1 Å². The fourth-order valence-electron chi connectivity index (χ4n) is 1.77. The van der Waals surface area contributed by atoms with Crippen molar-refractivity contribution >= 4 is 5.97 Å². The van der Waals surface area contributed by atoms with Crippen molar-refractivity contribution in [3.8, 4) is 0 Å². The highest BCUT2D eigenvalue weighted by Crippen LogP contribution is 2.09.